The fourth-order valence-corrected chi connectivity index (χ4v) is 4.55. The molecule has 3 aromatic rings. The lowest BCUT2D eigenvalue weighted by Crippen LogP contribution is -2.21. The second-order valence-corrected chi connectivity index (χ2v) is 8.87. The summed E-state index contributed by atoms with van der Waals surface area (Å²) in [5, 5.41) is 12.4. The maximum Gasteiger partial charge on any atom is 0.265 e. The number of amides is 2. The summed E-state index contributed by atoms with van der Waals surface area (Å²) in [6.45, 7) is 6.12. The van der Waals surface area contributed by atoms with Crippen LogP contribution in [0.1, 0.15) is 26.8 Å². The summed E-state index contributed by atoms with van der Waals surface area (Å²) in [4.78, 5) is 30.9. The van der Waals surface area contributed by atoms with Gasteiger partial charge in [0.25, 0.3) is 5.91 Å². The summed E-state index contributed by atoms with van der Waals surface area (Å²) >= 11 is 2.47. The van der Waals surface area contributed by atoms with E-state index in [1.165, 1.54) is 28.0 Å². The van der Waals surface area contributed by atoms with Gasteiger partial charge in [-0.1, -0.05) is 59.5 Å². The van der Waals surface area contributed by atoms with Gasteiger partial charge in [0, 0.05) is 27.1 Å². The molecule has 0 saturated heterocycles. The Balaban J connectivity index is 1.64. The molecule has 0 saturated carbocycles. The van der Waals surface area contributed by atoms with Crippen LogP contribution in [0.15, 0.2) is 48.1 Å². The number of aryl methyl sites for hydroxylation is 1. The number of thioether (sulfide) groups is 1. The summed E-state index contributed by atoms with van der Waals surface area (Å²) in [5.74, 6) is 0.612. The van der Waals surface area contributed by atoms with E-state index in [4.69, 9.17) is 0 Å². The molecule has 0 radical (unpaired) electrons. The van der Waals surface area contributed by atoms with E-state index in [0.717, 1.165) is 11.4 Å². The minimum absolute atomic E-state index is 0.131. The molecule has 0 aliphatic carbocycles. The number of hydrogen-bond donors (Lipinski definition) is 1. The lowest BCUT2D eigenvalue weighted by molar-refractivity contribution is -0.113. The first-order chi connectivity index (χ1) is 14.9. The normalized spacial score (nSPS) is 10.7. The zero-order valence-electron chi connectivity index (χ0n) is 17.7. The monoisotopic (exact) mass is 456 g/mol. The summed E-state index contributed by atoms with van der Waals surface area (Å²) in [6.07, 6.45) is 2.43. The third kappa shape index (κ3) is 5.80. The van der Waals surface area contributed by atoms with E-state index >= 15 is 0 Å². The van der Waals surface area contributed by atoms with Crippen LogP contribution >= 0.6 is 23.1 Å². The van der Waals surface area contributed by atoms with Gasteiger partial charge in [0.1, 0.15) is 10.7 Å². The highest BCUT2D eigenvalue weighted by molar-refractivity contribution is 7.99. The molecular formula is C21H24N6O2S2. The van der Waals surface area contributed by atoms with Crippen LogP contribution in [0.2, 0.25) is 0 Å². The van der Waals surface area contributed by atoms with Gasteiger partial charge in [-0.2, -0.15) is 0 Å². The Kier molecular flexibility index (Phi) is 7.59. The highest BCUT2D eigenvalue weighted by Gasteiger charge is 2.19. The van der Waals surface area contributed by atoms with E-state index in [1.54, 1.807) is 27.1 Å². The molecule has 2 amide bonds. The second kappa shape index (κ2) is 10.4. The number of carbonyl (C=O) groups excluding carboxylic acids is 2. The van der Waals surface area contributed by atoms with Gasteiger partial charge in [-0.3, -0.25) is 9.59 Å². The van der Waals surface area contributed by atoms with Crippen LogP contribution in [0.3, 0.4) is 0 Å². The van der Waals surface area contributed by atoms with Gasteiger partial charge < -0.3 is 14.8 Å². The average molecular weight is 457 g/mol. The number of benzene rings is 1. The molecule has 0 spiro atoms. The minimum atomic E-state index is -0.222. The fraction of sp³-hybridized carbons (Fsp3) is 0.286. The Labute approximate surface area is 189 Å². The molecule has 31 heavy (non-hydrogen) atoms. The van der Waals surface area contributed by atoms with Crippen molar-refractivity contribution in [3.63, 3.8) is 0 Å². The van der Waals surface area contributed by atoms with Crippen molar-refractivity contribution in [1.29, 1.82) is 0 Å². The Morgan fingerprint density at radius 3 is 2.68 bits per heavy atom. The maximum absolute atomic E-state index is 12.4. The number of nitrogens with one attached hydrogen (secondary N) is 1. The standard InChI is InChI=1S/C21H24N6O2S2/c1-5-11-27-16(12-15-9-7-6-8-10-15)24-25-21(27)30-13-17(28)23-20-22-14(2)18(31-20)19(29)26(3)4/h5-10H,1,11-13H2,2-4H3,(H,22,23,28). The molecule has 8 nitrogen and oxygen atoms in total. The SMILES string of the molecule is C=CCn1c(Cc2ccccc2)nnc1SCC(=O)Nc1nc(C)c(C(=O)N(C)C)s1. The van der Waals surface area contributed by atoms with Gasteiger partial charge in [-0.15, -0.1) is 16.8 Å². The van der Waals surface area contributed by atoms with Gasteiger partial charge >= 0.3 is 0 Å². The molecule has 1 aromatic carbocycles. The van der Waals surface area contributed by atoms with Crippen LogP contribution < -0.4 is 5.32 Å². The molecule has 3 rings (SSSR count). The van der Waals surface area contributed by atoms with Crippen LogP contribution in [-0.2, 0) is 17.8 Å². The van der Waals surface area contributed by atoms with E-state index < -0.39 is 0 Å². The van der Waals surface area contributed by atoms with E-state index in [2.05, 4.69) is 27.1 Å². The van der Waals surface area contributed by atoms with E-state index in [0.29, 0.717) is 33.8 Å². The predicted octanol–water partition coefficient (Wildman–Crippen LogP) is 3.25. The molecule has 10 heteroatoms. The highest BCUT2D eigenvalue weighted by Crippen LogP contribution is 2.24. The lowest BCUT2D eigenvalue weighted by Gasteiger charge is -2.08. The number of carbonyl (C=O) groups is 2. The number of thiazole rings is 1. The van der Waals surface area contributed by atoms with Gasteiger partial charge in [-0.05, 0) is 12.5 Å². The quantitative estimate of drug-likeness (QED) is 0.392. The molecule has 0 atom stereocenters. The molecule has 0 fully saturated rings. The molecule has 0 bridgehead atoms. The first-order valence-corrected chi connectivity index (χ1v) is 11.4. The zero-order valence-corrected chi connectivity index (χ0v) is 19.3. The number of hydrogen-bond acceptors (Lipinski definition) is 7. The van der Waals surface area contributed by atoms with E-state index in [1.807, 2.05) is 34.9 Å². The third-order valence-corrected chi connectivity index (χ3v) is 6.31. The lowest BCUT2D eigenvalue weighted by atomic mass is 10.1. The topological polar surface area (TPSA) is 93.0 Å². The molecule has 1 N–H and O–H groups in total. The van der Waals surface area contributed by atoms with Crippen molar-refractivity contribution in [2.24, 2.45) is 0 Å². The molecule has 2 aromatic heterocycles. The Hall–Kier alpha value is -2.98. The van der Waals surface area contributed by atoms with Crippen molar-refractivity contribution in [3.05, 3.63) is 64.9 Å². The first kappa shape index (κ1) is 22.7. The smallest absolute Gasteiger partial charge is 0.265 e. The highest BCUT2D eigenvalue weighted by atomic mass is 32.2. The van der Waals surface area contributed by atoms with Crippen LogP contribution in [0.5, 0.6) is 0 Å². The number of rotatable bonds is 9. The summed E-state index contributed by atoms with van der Waals surface area (Å²) in [5.41, 5.74) is 1.74. The Morgan fingerprint density at radius 1 is 1.26 bits per heavy atom. The van der Waals surface area contributed by atoms with Crippen molar-refractivity contribution in [1.82, 2.24) is 24.6 Å². The number of allylic oxidation sites excluding steroid dienone is 1. The molecule has 162 valence electrons. The number of aromatic nitrogens is 4. The zero-order chi connectivity index (χ0) is 22.4. The van der Waals surface area contributed by atoms with Crippen molar-refractivity contribution in [2.45, 2.75) is 25.0 Å². The summed E-state index contributed by atoms with van der Waals surface area (Å²) in [7, 11) is 3.36. The second-order valence-electron chi connectivity index (χ2n) is 6.93. The predicted molar refractivity (Wildman–Crippen MR) is 124 cm³/mol. The minimum Gasteiger partial charge on any atom is -0.344 e. The van der Waals surface area contributed by atoms with Crippen molar-refractivity contribution in [2.75, 3.05) is 25.2 Å². The van der Waals surface area contributed by atoms with Gasteiger partial charge in [0.2, 0.25) is 5.91 Å². The molecule has 2 heterocycles. The largest absolute Gasteiger partial charge is 0.344 e. The third-order valence-electron chi connectivity index (χ3n) is 4.29. The van der Waals surface area contributed by atoms with Gasteiger partial charge in [-0.25, -0.2) is 4.98 Å². The Bertz CT molecular complexity index is 1070. The molecule has 0 unspecified atom stereocenters. The van der Waals surface area contributed by atoms with Crippen LogP contribution in [-0.4, -0.2) is 56.3 Å². The molecule has 0 aliphatic heterocycles. The summed E-state index contributed by atoms with van der Waals surface area (Å²) < 4.78 is 1.96. The number of nitrogens with zero attached hydrogens (tertiary/aromatic N) is 5. The molecule has 0 aliphatic rings. The fourth-order valence-electron chi connectivity index (χ4n) is 2.78. The summed E-state index contributed by atoms with van der Waals surface area (Å²) in [6, 6.07) is 10.0. The van der Waals surface area contributed by atoms with Gasteiger partial charge in [0.05, 0.1) is 11.4 Å². The van der Waals surface area contributed by atoms with Crippen LogP contribution in [0, 0.1) is 6.92 Å². The molecular weight excluding hydrogens is 432 g/mol. The van der Waals surface area contributed by atoms with E-state index in [9.17, 15) is 9.59 Å². The maximum atomic E-state index is 12.4. The van der Waals surface area contributed by atoms with Crippen LogP contribution in [0.4, 0.5) is 5.13 Å². The van der Waals surface area contributed by atoms with E-state index in [-0.39, 0.29) is 17.6 Å². The van der Waals surface area contributed by atoms with Crippen molar-refractivity contribution in [3.8, 4) is 0 Å². The number of anilines is 1. The van der Waals surface area contributed by atoms with Crippen LogP contribution in [0.25, 0.3) is 0 Å². The average Bonchev–Trinajstić information content (AvgIpc) is 3.29. The van der Waals surface area contributed by atoms with Crippen molar-refractivity contribution >= 4 is 40.0 Å². The Morgan fingerprint density at radius 2 is 2.00 bits per heavy atom. The van der Waals surface area contributed by atoms with Gasteiger partial charge in [0.15, 0.2) is 10.3 Å². The first-order valence-electron chi connectivity index (χ1n) is 9.57. The van der Waals surface area contributed by atoms with Crippen molar-refractivity contribution < 1.29 is 9.59 Å².